The van der Waals surface area contributed by atoms with Gasteiger partial charge < -0.3 is 4.74 Å². The van der Waals surface area contributed by atoms with Gasteiger partial charge in [0.1, 0.15) is 0 Å². The highest BCUT2D eigenvalue weighted by molar-refractivity contribution is 7.14. The Morgan fingerprint density at radius 2 is 2.00 bits per heavy atom. The Morgan fingerprint density at radius 3 is 2.65 bits per heavy atom. The Balaban J connectivity index is 2.21. The second-order valence-corrected chi connectivity index (χ2v) is 5.89. The maximum atomic E-state index is 12.3. The van der Waals surface area contributed by atoms with E-state index in [1.165, 1.54) is 18.4 Å². The number of carbonyl (C=O) groups excluding carboxylic acids is 2. The van der Waals surface area contributed by atoms with Crippen LogP contribution in [0.1, 0.15) is 25.7 Å². The fourth-order valence-corrected chi connectivity index (χ4v) is 2.82. The van der Waals surface area contributed by atoms with Gasteiger partial charge in [0.05, 0.1) is 18.4 Å². The highest BCUT2D eigenvalue weighted by Crippen LogP contribution is 2.23. The Labute approximate surface area is 126 Å². The van der Waals surface area contributed by atoms with E-state index >= 15 is 0 Å². The van der Waals surface area contributed by atoms with Crippen LogP contribution in [0.3, 0.4) is 0 Å². The summed E-state index contributed by atoms with van der Waals surface area (Å²) in [5.41, 5.74) is 1.48. The fourth-order valence-electron chi connectivity index (χ4n) is 1.69. The van der Waals surface area contributed by atoms with Gasteiger partial charge in [-0.2, -0.15) is 0 Å². The zero-order valence-electron chi connectivity index (χ0n) is 11.1. The van der Waals surface area contributed by atoms with Gasteiger partial charge in [-0.15, -0.1) is 11.3 Å². The average Bonchev–Trinajstić information content (AvgIpc) is 2.89. The summed E-state index contributed by atoms with van der Waals surface area (Å²) in [6, 6.07) is 8.73. The Bertz CT molecular complexity index is 661. The molecule has 3 nitrogen and oxygen atoms in total. The molecule has 0 atom stereocenters. The number of thiophene rings is 1. The largest absolute Gasteiger partial charge is 0.469 e. The Morgan fingerprint density at radius 1 is 1.25 bits per heavy atom. The lowest BCUT2D eigenvalue weighted by Gasteiger charge is -2.01. The van der Waals surface area contributed by atoms with E-state index < -0.39 is 0 Å². The molecule has 0 radical (unpaired) electrons. The zero-order valence-corrected chi connectivity index (χ0v) is 12.7. The number of carbonyl (C=O) groups is 2. The van der Waals surface area contributed by atoms with Crippen molar-refractivity contribution < 1.29 is 14.3 Å². The van der Waals surface area contributed by atoms with E-state index in [2.05, 4.69) is 4.74 Å². The molecule has 1 aromatic carbocycles. The number of halogens is 1. The van der Waals surface area contributed by atoms with Crippen LogP contribution >= 0.6 is 22.9 Å². The molecule has 2 rings (SSSR count). The summed E-state index contributed by atoms with van der Waals surface area (Å²) in [4.78, 5) is 24.9. The SMILES string of the molecule is COC(=O)Cc1ccc(C(=O)c2ccc(C)c(Cl)c2)s1. The molecular formula is C15H13ClO3S. The smallest absolute Gasteiger partial charge is 0.310 e. The molecule has 0 bridgehead atoms. The fraction of sp³-hybridized carbons (Fsp3) is 0.200. The standard InChI is InChI=1S/C15H13ClO3S/c1-9-3-4-10(7-12(9)16)15(18)13-6-5-11(20-13)8-14(17)19-2/h3-7H,8H2,1-2H3. The molecule has 0 aliphatic carbocycles. The van der Waals surface area contributed by atoms with Gasteiger partial charge in [0, 0.05) is 15.5 Å². The number of benzene rings is 1. The third-order valence-electron chi connectivity index (χ3n) is 2.87. The van der Waals surface area contributed by atoms with Crippen LogP contribution in [-0.4, -0.2) is 18.9 Å². The highest BCUT2D eigenvalue weighted by atomic mass is 35.5. The van der Waals surface area contributed by atoms with E-state index in [-0.39, 0.29) is 18.2 Å². The lowest BCUT2D eigenvalue weighted by Crippen LogP contribution is -2.02. The molecule has 104 valence electrons. The molecule has 0 saturated heterocycles. The summed E-state index contributed by atoms with van der Waals surface area (Å²) < 4.78 is 4.60. The van der Waals surface area contributed by atoms with E-state index in [0.29, 0.717) is 15.5 Å². The second-order valence-electron chi connectivity index (χ2n) is 4.31. The number of hydrogen-bond acceptors (Lipinski definition) is 4. The molecule has 0 saturated carbocycles. The number of aryl methyl sites for hydroxylation is 1. The van der Waals surface area contributed by atoms with Gasteiger partial charge in [-0.25, -0.2) is 0 Å². The van der Waals surface area contributed by atoms with Crippen molar-refractivity contribution in [1.29, 1.82) is 0 Å². The quantitative estimate of drug-likeness (QED) is 0.639. The normalized spacial score (nSPS) is 10.3. The van der Waals surface area contributed by atoms with Crippen LogP contribution in [0.2, 0.25) is 5.02 Å². The molecule has 0 aliphatic rings. The van der Waals surface area contributed by atoms with Crippen molar-refractivity contribution in [2.75, 3.05) is 7.11 Å². The molecule has 20 heavy (non-hydrogen) atoms. The van der Waals surface area contributed by atoms with Crippen molar-refractivity contribution >= 4 is 34.7 Å². The van der Waals surface area contributed by atoms with Crippen molar-refractivity contribution in [3.8, 4) is 0 Å². The molecule has 0 N–H and O–H groups in total. The van der Waals surface area contributed by atoms with Crippen LogP contribution in [0.5, 0.6) is 0 Å². The number of hydrogen-bond donors (Lipinski definition) is 0. The van der Waals surface area contributed by atoms with Gasteiger partial charge >= 0.3 is 5.97 Å². The molecule has 1 heterocycles. The van der Waals surface area contributed by atoms with Crippen molar-refractivity contribution in [2.24, 2.45) is 0 Å². The molecule has 0 fully saturated rings. The molecular weight excluding hydrogens is 296 g/mol. The summed E-state index contributed by atoms with van der Waals surface area (Å²) in [7, 11) is 1.34. The first-order valence-corrected chi connectivity index (χ1v) is 7.17. The first kappa shape index (κ1) is 14.8. The molecule has 1 aromatic heterocycles. The van der Waals surface area contributed by atoms with E-state index in [0.717, 1.165) is 10.4 Å². The summed E-state index contributed by atoms with van der Waals surface area (Å²) >= 11 is 7.32. The van der Waals surface area contributed by atoms with Crippen molar-refractivity contribution in [3.05, 3.63) is 56.2 Å². The van der Waals surface area contributed by atoms with Gasteiger partial charge in [0.2, 0.25) is 5.78 Å². The minimum atomic E-state index is -0.316. The maximum absolute atomic E-state index is 12.3. The van der Waals surface area contributed by atoms with E-state index in [4.69, 9.17) is 11.6 Å². The van der Waals surface area contributed by atoms with Crippen LogP contribution in [0.25, 0.3) is 0 Å². The van der Waals surface area contributed by atoms with Gasteiger partial charge in [-0.1, -0.05) is 23.7 Å². The summed E-state index contributed by atoms with van der Waals surface area (Å²) in [6.07, 6.45) is 0.184. The first-order valence-electron chi connectivity index (χ1n) is 5.97. The van der Waals surface area contributed by atoms with Gasteiger partial charge in [-0.3, -0.25) is 9.59 Å². The summed E-state index contributed by atoms with van der Waals surface area (Å²) in [5, 5.41) is 0.571. The van der Waals surface area contributed by atoms with Crippen LogP contribution < -0.4 is 0 Å². The predicted molar refractivity (Wildman–Crippen MR) is 79.7 cm³/mol. The number of ketones is 1. The highest BCUT2D eigenvalue weighted by Gasteiger charge is 2.14. The van der Waals surface area contributed by atoms with Crippen molar-refractivity contribution in [2.45, 2.75) is 13.3 Å². The van der Waals surface area contributed by atoms with E-state index in [1.807, 2.05) is 13.0 Å². The third-order valence-corrected chi connectivity index (χ3v) is 4.36. The van der Waals surface area contributed by atoms with Crippen LogP contribution in [0.15, 0.2) is 30.3 Å². The lowest BCUT2D eigenvalue weighted by molar-refractivity contribution is -0.139. The predicted octanol–water partition coefficient (Wildman–Crippen LogP) is 3.66. The van der Waals surface area contributed by atoms with E-state index in [1.54, 1.807) is 24.3 Å². The van der Waals surface area contributed by atoms with Crippen molar-refractivity contribution in [1.82, 2.24) is 0 Å². The monoisotopic (exact) mass is 308 g/mol. The Hall–Kier alpha value is -1.65. The van der Waals surface area contributed by atoms with Crippen LogP contribution in [0.4, 0.5) is 0 Å². The lowest BCUT2D eigenvalue weighted by atomic mass is 10.1. The average molecular weight is 309 g/mol. The van der Waals surface area contributed by atoms with Gasteiger partial charge in [0.15, 0.2) is 0 Å². The molecule has 5 heteroatoms. The zero-order chi connectivity index (χ0) is 14.7. The summed E-state index contributed by atoms with van der Waals surface area (Å²) in [5.74, 6) is -0.405. The molecule has 2 aromatic rings. The molecule has 0 spiro atoms. The number of esters is 1. The molecule has 0 amide bonds. The number of methoxy groups -OCH3 is 1. The molecule has 0 unspecified atom stereocenters. The van der Waals surface area contributed by atoms with Crippen LogP contribution in [-0.2, 0) is 16.0 Å². The number of rotatable bonds is 4. The van der Waals surface area contributed by atoms with Gasteiger partial charge in [0.25, 0.3) is 0 Å². The minimum Gasteiger partial charge on any atom is -0.469 e. The first-order chi connectivity index (χ1) is 9.51. The second kappa shape index (κ2) is 6.20. The van der Waals surface area contributed by atoms with Gasteiger partial charge in [-0.05, 0) is 30.7 Å². The molecule has 0 aliphatic heterocycles. The van der Waals surface area contributed by atoms with Crippen molar-refractivity contribution in [3.63, 3.8) is 0 Å². The maximum Gasteiger partial charge on any atom is 0.310 e. The minimum absolute atomic E-state index is 0.0898. The Kier molecular flexibility index (Phi) is 4.57. The topological polar surface area (TPSA) is 43.4 Å². The number of ether oxygens (including phenoxy) is 1. The van der Waals surface area contributed by atoms with Crippen LogP contribution in [0, 0.1) is 6.92 Å². The third kappa shape index (κ3) is 3.26. The summed E-state index contributed by atoms with van der Waals surface area (Å²) in [6.45, 7) is 1.89. The van der Waals surface area contributed by atoms with E-state index in [9.17, 15) is 9.59 Å².